The van der Waals surface area contributed by atoms with Crippen LogP contribution in [0.3, 0.4) is 0 Å². The largest absolute Gasteiger partial charge is 0.389 e. The molecule has 0 saturated carbocycles. The van der Waals surface area contributed by atoms with Gasteiger partial charge in [-0.15, -0.1) is 0 Å². The maximum absolute atomic E-state index is 10.3. The first-order valence-electron chi connectivity index (χ1n) is 11.7. The molecule has 6 heteroatoms. The van der Waals surface area contributed by atoms with Crippen LogP contribution in [0.1, 0.15) is 39.5 Å². The number of β-amino-alcohol motifs (C(OH)–C–C–N with tert-alkyl or cyclic N) is 1. The van der Waals surface area contributed by atoms with Gasteiger partial charge in [0.15, 0.2) is 0 Å². The molecule has 28 heavy (non-hydrogen) atoms. The molecule has 2 unspecified atom stereocenters. The zero-order chi connectivity index (χ0) is 20.2. The number of rotatable bonds is 13. The molecule has 0 amide bonds. The highest BCUT2D eigenvalue weighted by Crippen LogP contribution is 2.13. The van der Waals surface area contributed by atoms with Crippen LogP contribution >= 0.6 is 0 Å². The zero-order valence-corrected chi connectivity index (χ0v) is 18.8. The summed E-state index contributed by atoms with van der Waals surface area (Å²) in [5, 5.41) is 10.3. The van der Waals surface area contributed by atoms with Crippen LogP contribution in [0.5, 0.6) is 0 Å². The lowest BCUT2D eigenvalue weighted by molar-refractivity contribution is -0.00486. The van der Waals surface area contributed by atoms with E-state index in [-0.39, 0.29) is 6.10 Å². The Morgan fingerprint density at radius 1 is 0.821 bits per heavy atom. The topological polar surface area (TPSA) is 42.4 Å². The summed E-state index contributed by atoms with van der Waals surface area (Å²) in [5.41, 5.74) is 0. The van der Waals surface area contributed by atoms with Crippen molar-refractivity contribution >= 4 is 0 Å². The van der Waals surface area contributed by atoms with Crippen LogP contribution in [0.25, 0.3) is 0 Å². The molecule has 6 nitrogen and oxygen atoms in total. The predicted octanol–water partition coefficient (Wildman–Crippen LogP) is 1.45. The predicted molar refractivity (Wildman–Crippen MR) is 117 cm³/mol. The maximum Gasteiger partial charge on any atom is 0.0900 e. The number of likely N-dealkylation sites (N-methyl/N-ethyl adjacent to an activating group) is 1. The van der Waals surface area contributed by atoms with E-state index in [2.05, 4.69) is 40.5 Å². The van der Waals surface area contributed by atoms with Gasteiger partial charge in [-0.25, -0.2) is 0 Å². The van der Waals surface area contributed by atoms with Gasteiger partial charge in [-0.1, -0.05) is 33.1 Å². The minimum absolute atomic E-state index is 0.361. The lowest BCUT2D eigenvalue weighted by atomic mass is 10.0. The first-order valence-corrected chi connectivity index (χ1v) is 11.7. The Morgan fingerprint density at radius 3 is 1.96 bits per heavy atom. The van der Waals surface area contributed by atoms with Gasteiger partial charge in [0.25, 0.3) is 0 Å². The molecule has 2 fully saturated rings. The molecule has 2 atom stereocenters. The number of unbranched alkanes of at least 4 members (excludes halogenated alkanes) is 1. The van der Waals surface area contributed by atoms with Gasteiger partial charge in [-0.05, 0) is 19.4 Å². The van der Waals surface area contributed by atoms with Crippen molar-refractivity contribution < 1.29 is 9.84 Å². The van der Waals surface area contributed by atoms with Crippen molar-refractivity contribution in [2.24, 2.45) is 5.92 Å². The normalized spacial score (nSPS) is 23.1. The van der Waals surface area contributed by atoms with Crippen molar-refractivity contribution in [1.82, 2.24) is 19.6 Å². The Bertz CT molecular complexity index is 383. The zero-order valence-electron chi connectivity index (χ0n) is 18.8. The van der Waals surface area contributed by atoms with Gasteiger partial charge in [-0.3, -0.25) is 14.7 Å². The van der Waals surface area contributed by atoms with E-state index in [4.69, 9.17) is 4.74 Å². The highest BCUT2D eigenvalue weighted by Gasteiger charge is 2.21. The van der Waals surface area contributed by atoms with Crippen LogP contribution in [0.15, 0.2) is 0 Å². The molecule has 2 aliphatic rings. The molecule has 166 valence electrons. The fourth-order valence-electron chi connectivity index (χ4n) is 4.17. The molecular formula is C22H46N4O2. The molecular weight excluding hydrogens is 352 g/mol. The molecule has 1 N–H and O–H groups in total. The summed E-state index contributed by atoms with van der Waals surface area (Å²) >= 11 is 0. The molecule has 0 radical (unpaired) electrons. The fourth-order valence-corrected chi connectivity index (χ4v) is 4.17. The second kappa shape index (κ2) is 13.9. The molecule has 0 aromatic rings. The number of hydrogen-bond donors (Lipinski definition) is 1. The average molecular weight is 399 g/mol. The minimum atomic E-state index is -0.361. The number of nitrogens with zero attached hydrogens (tertiary/aromatic N) is 4. The number of piperazine rings is 2. The lowest BCUT2D eigenvalue weighted by Gasteiger charge is -2.38. The molecule has 2 aliphatic heterocycles. The standard InChI is InChI=1S/C22H46N4O2/c1-4-6-7-21(5-2)19-28-20-22(27)18-26-16-14-25(15-17-26)13-12-24-10-8-23(3)9-11-24/h21-22,27H,4-20H2,1-3H3. The van der Waals surface area contributed by atoms with E-state index >= 15 is 0 Å². The Hall–Kier alpha value is -0.240. The van der Waals surface area contributed by atoms with E-state index in [0.29, 0.717) is 12.5 Å². The Labute approximate surface area is 173 Å². The summed E-state index contributed by atoms with van der Waals surface area (Å²) in [6.45, 7) is 18.1. The van der Waals surface area contributed by atoms with Crippen molar-refractivity contribution in [2.45, 2.75) is 45.6 Å². The summed E-state index contributed by atoms with van der Waals surface area (Å²) in [6.07, 6.45) is 4.59. The number of aliphatic hydroxyl groups excluding tert-OH is 1. The van der Waals surface area contributed by atoms with Crippen LogP contribution in [0.2, 0.25) is 0 Å². The van der Waals surface area contributed by atoms with Crippen LogP contribution in [0, 0.1) is 5.92 Å². The summed E-state index contributed by atoms with van der Waals surface area (Å²) < 4.78 is 5.83. The second-order valence-corrected chi connectivity index (χ2v) is 8.89. The molecule has 2 heterocycles. The van der Waals surface area contributed by atoms with Crippen LogP contribution in [-0.2, 0) is 4.74 Å². The van der Waals surface area contributed by atoms with Crippen molar-refractivity contribution in [3.8, 4) is 0 Å². The monoisotopic (exact) mass is 398 g/mol. The third-order valence-electron chi connectivity index (χ3n) is 6.47. The summed E-state index contributed by atoms with van der Waals surface area (Å²) in [7, 11) is 2.21. The third-order valence-corrected chi connectivity index (χ3v) is 6.47. The van der Waals surface area contributed by atoms with Gasteiger partial charge in [0, 0.05) is 78.6 Å². The van der Waals surface area contributed by atoms with Crippen LogP contribution < -0.4 is 0 Å². The molecule has 0 aromatic heterocycles. The van der Waals surface area contributed by atoms with Crippen molar-refractivity contribution in [3.63, 3.8) is 0 Å². The quantitative estimate of drug-likeness (QED) is 0.506. The van der Waals surface area contributed by atoms with Gasteiger partial charge in [0.1, 0.15) is 0 Å². The van der Waals surface area contributed by atoms with E-state index in [1.54, 1.807) is 0 Å². The molecule has 2 rings (SSSR count). The number of aliphatic hydroxyl groups is 1. The molecule has 0 aliphatic carbocycles. The summed E-state index contributed by atoms with van der Waals surface area (Å²) in [5.74, 6) is 0.649. The third kappa shape index (κ3) is 9.51. The van der Waals surface area contributed by atoms with E-state index in [1.807, 2.05) is 0 Å². The molecule has 0 bridgehead atoms. The highest BCUT2D eigenvalue weighted by atomic mass is 16.5. The SMILES string of the molecule is CCCCC(CC)COCC(O)CN1CCN(CCN2CCN(C)CC2)CC1. The van der Waals surface area contributed by atoms with Crippen molar-refractivity contribution in [1.29, 1.82) is 0 Å². The minimum Gasteiger partial charge on any atom is -0.389 e. The van der Waals surface area contributed by atoms with Crippen molar-refractivity contribution in [3.05, 3.63) is 0 Å². The van der Waals surface area contributed by atoms with E-state index in [9.17, 15) is 5.11 Å². The Kier molecular flexibility index (Phi) is 11.9. The second-order valence-electron chi connectivity index (χ2n) is 8.89. The van der Waals surface area contributed by atoms with Gasteiger partial charge >= 0.3 is 0 Å². The number of hydrogen-bond acceptors (Lipinski definition) is 6. The van der Waals surface area contributed by atoms with E-state index < -0.39 is 0 Å². The first kappa shape index (κ1) is 24.0. The van der Waals surface area contributed by atoms with E-state index in [0.717, 1.165) is 39.3 Å². The first-order chi connectivity index (χ1) is 13.6. The molecule has 2 saturated heterocycles. The fraction of sp³-hybridized carbons (Fsp3) is 1.00. The van der Waals surface area contributed by atoms with Crippen LogP contribution in [0.4, 0.5) is 0 Å². The van der Waals surface area contributed by atoms with Gasteiger partial charge in [0.2, 0.25) is 0 Å². The maximum atomic E-state index is 10.3. The van der Waals surface area contributed by atoms with Crippen molar-refractivity contribution in [2.75, 3.05) is 92.3 Å². The molecule has 0 spiro atoms. The smallest absolute Gasteiger partial charge is 0.0900 e. The summed E-state index contributed by atoms with van der Waals surface area (Å²) in [4.78, 5) is 9.99. The summed E-state index contributed by atoms with van der Waals surface area (Å²) in [6, 6.07) is 0. The lowest BCUT2D eigenvalue weighted by Crippen LogP contribution is -2.52. The van der Waals surface area contributed by atoms with Gasteiger partial charge in [-0.2, -0.15) is 0 Å². The van der Waals surface area contributed by atoms with Gasteiger partial charge < -0.3 is 14.7 Å². The Morgan fingerprint density at radius 2 is 1.39 bits per heavy atom. The number of ether oxygens (including phenoxy) is 1. The van der Waals surface area contributed by atoms with Gasteiger partial charge in [0.05, 0.1) is 12.7 Å². The Balaban J connectivity index is 1.51. The van der Waals surface area contributed by atoms with E-state index in [1.165, 1.54) is 65.0 Å². The molecule has 0 aromatic carbocycles. The average Bonchev–Trinajstić information content (AvgIpc) is 2.71. The highest BCUT2D eigenvalue weighted by molar-refractivity contribution is 4.76. The van der Waals surface area contributed by atoms with Crippen LogP contribution in [-0.4, -0.2) is 123 Å².